The first-order valence-electron chi connectivity index (χ1n) is 8.20. The minimum absolute atomic E-state index is 0.343. The average Bonchev–Trinajstić information content (AvgIpc) is 3.17. The molecular weight excluding hydrogens is 314 g/mol. The number of hydrogen-bond acceptors (Lipinski definition) is 7. The van der Waals surface area contributed by atoms with Gasteiger partial charge in [0, 0.05) is 36.9 Å². The second-order valence-electron chi connectivity index (χ2n) is 6.12. The molecule has 8 heteroatoms. The molecule has 0 unspecified atom stereocenters. The predicted octanol–water partition coefficient (Wildman–Crippen LogP) is 2.04. The SMILES string of the molecule is Nn1c(SCc2noc3c2CCCC3)nnc1C1CCOCC1. The first-order valence-corrected chi connectivity index (χ1v) is 9.18. The van der Waals surface area contributed by atoms with Crippen LogP contribution in [0.4, 0.5) is 0 Å². The normalized spacial score (nSPS) is 19.0. The Hall–Kier alpha value is -1.54. The zero-order valence-corrected chi connectivity index (χ0v) is 13.8. The van der Waals surface area contributed by atoms with Crippen LogP contribution in [-0.4, -0.2) is 33.2 Å². The Balaban J connectivity index is 1.45. The highest BCUT2D eigenvalue weighted by molar-refractivity contribution is 7.98. The quantitative estimate of drug-likeness (QED) is 0.675. The Morgan fingerprint density at radius 3 is 2.87 bits per heavy atom. The third kappa shape index (κ3) is 2.97. The highest BCUT2D eigenvalue weighted by atomic mass is 32.2. The second-order valence-corrected chi connectivity index (χ2v) is 7.07. The summed E-state index contributed by atoms with van der Waals surface area (Å²) in [5.74, 6) is 9.18. The molecule has 23 heavy (non-hydrogen) atoms. The average molecular weight is 335 g/mol. The number of fused-ring (bicyclic) bond motifs is 1. The molecule has 0 saturated carbocycles. The molecule has 4 rings (SSSR count). The molecule has 0 spiro atoms. The van der Waals surface area contributed by atoms with Crippen molar-refractivity contribution in [2.75, 3.05) is 19.1 Å². The molecule has 124 valence electrons. The molecule has 0 bridgehead atoms. The fourth-order valence-electron chi connectivity index (χ4n) is 3.32. The van der Waals surface area contributed by atoms with Crippen LogP contribution in [0.25, 0.3) is 0 Å². The maximum Gasteiger partial charge on any atom is 0.210 e. The van der Waals surface area contributed by atoms with Gasteiger partial charge in [0.05, 0.1) is 5.69 Å². The fourth-order valence-corrected chi connectivity index (χ4v) is 4.14. The number of thioether (sulfide) groups is 1. The van der Waals surface area contributed by atoms with Crippen molar-refractivity contribution in [2.45, 2.75) is 55.4 Å². The lowest BCUT2D eigenvalue weighted by Crippen LogP contribution is -2.22. The van der Waals surface area contributed by atoms with Gasteiger partial charge in [-0.1, -0.05) is 16.9 Å². The maximum absolute atomic E-state index is 6.20. The van der Waals surface area contributed by atoms with Gasteiger partial charge >= 0.3 is 0 Å². The van der Waals surface area contributed by atoms with E-state index in [2.05, 4.69) is 15.4 Å². The van der Waals surface area contributed by atoms with E-state index in [1.807, 2.05) is 0 Å². The number of rotatable bonds is 4. The van der Waals surface area contributed by atoms with Crippen molar-refractivity contribution in [1.29, 1.82) is 0 Å². The van der Waals surface area contributed by atoms with Gasteiger partial charge in [-0.25, -0.2) is 4.68 Å². The van der Waals surface area contributed by atoms with Crippen LogP contribution >= 0.6 is 11.8 Å². The van der Waals surface area contributed by atoms with Gasteiger partial charge in [0.2, 0.25) is 5.16 Å². The van der Waals surface area contributed by atoms with Gasteiger partial charge in [-0.15, -0.1) is 10.2 Å². The Morgan fingerprint density at radius 1 is 1.17 bits per heavy atom. The van der Waals surface area contributed by atoms with E-state index >= 15 is 0 Å². The summed E-state index contributed by atoms with van der Waals surface area (Å²) >= 11 is 1.57. The van der Waals surface area contributed by atoms with E-state index in [4.69, 9.17) is 15.1 Å². The van der Waals surface area contributed by atoms with Crippen LogP contribution < -0.4 is 5.84 Å². The number of ether oxygens (including phenoxy) is 1. The zero-order chi connectivity index (χ0) is 15.6. The van der Waals surface area contributed by atoms with Crippen molar-refractivity contribution in [2.24, 2.45) is 0 Å². The summed E-state index contributed by atoms with van der Waals surface area (Å²) in [6.07, 6.45) is 6.39. The molecule has 1 saturated heterocycles. The van der Waals surface area contributed by atoms with Crippen molar-refractivity contribution < 1.29 is 9.26 Å². The topological polar surface area (TPSA) is 92.0 Å². The lowest BCUT2D eigenvalue weighted by Gasteiger charge is -2.20. The lowest BCUT2D eigenvalue weighted by atomic mass is 9.97. The van der Waals surface area contributed by atoms with Crippen molar-refractivity contribution in [3.05, 3.63) is 22.8 Å². The van der Waals surface area contributed by atoms with Gasteiger partial charge in [0.1, 0.15) is 5.76 Å². The van der Waals surface area contributed by atoms with Gasteiger partial charge in [0.15, 0.2) is 5.82 Å². The molecule has 2 aliphatic rings. The molecule has 0 atom stereocenters. The minimum Gasteiger partial charge on any atom is -0.381 e. The molecule has 2 aromatic rings. The highest BCUT2D eigenvalue weighted by Crippen LogP contribution is 2.30. The summed E-state index contributed by atoms with van der Waals surface area (Å²) in [5, 5.41) is 13.5. The third-order valence-corrected chi connectivity index (χ3v) is 5.60. The largest absolute Gasteiger partial charge is 0.381 e. The van der Waals surface area contributed by atoms with Crippen LogP contribution in [0.2, 0.25) is 0 Å². The summed E-state index contributed by atoms with van der Waals surface area (Å²) in [6, 6.07) is 0. The fraction of sp³-hybridized carbons (Fsp3) is 0.667. The number of nitrogen functional groups attached to an aromatic ring is 1. The van der Waals surface area contributed by atoms with Crippen LogP contribution in [0.5, 0.6) is 0 Å². The van der Waals surface area contributed by atoms with E-state index in [1.165, 1.54) is 18.4 Å². The van der Waals surface area contributed by atoms with E-state index in [1.54, 1.807) is 16.4 Å². The smallest absolute Gasteiger partial charge is 0.210 e. The van der Waals surface area contributed by atoms with Crippen LogP contribution in [-0.2, 0) is 23.3 Å². The molecule has 2 aromatic heterocycles. The standard InChI is InChI=1S/C15H21N5O2S/c16-20-14(10-5-7-21-8-6-10)17-18-15(20)23-9-12-11-3-1-2-4-13(11)22-19-12/h10H,1-9,16H2. The number of nitrogens with two attached hydrogens (primary N) is 1. The molecule has 7 nitrogen and oxygen atoms in total. The number of aryl methyl sites for hydroxylation is 1. The first kappa shape index (κ1) is 15.0. The minimum atomic E-state index is 0.343. The monoisotopic (exact) mass is 335 g/mol. The highest BCUT2D eigenvalue weighted by Gasteiger charge is 2.24. The van der Waals surface area contributed by atoms with Gasteiger partial charge in [0.25, 0.3) is 0 Å². The Kier molecular flexibility index (Phi) is 4.26. The van der Waals surface area contributed by atoms with E-state index in [0.29, 0.717) is 5.92 Å². The van der Waals surface area contributed by atoms with Crippen molar-refractivity contribution in [3.63, 3.8) is 0 Å². The lowest BCUT2D eigenvalue weighted by molar-refractivity contribution is 0.0830. The molecule has 1 fully saturated rings. The summed E-state index contributed by atoms with van der Waals surface area (Å²) in [5.41, 5.74) is 2.32. The van der Waals surface area contributed by atoms with E-state index in [9.17, 15) is 0 Å². The van der Waals surface area contributed by atoms with E-state index < -0.39 is 0 Å². The first-order chi connectivity index (χ1) is 11.3. The molecule has 2 N–H and O–H groups in total. The summed E-state index contributed by atoms with van der Waals surface area (Å²) in [6.45, 7) is 1.54. The summed E-state index contributed by atoms with van der Waals surface area (Å²) in [4.78, 5) is 0. The van der Waals surface area contributed by atoms with Gasteiger partial charge < -0.3 is 15.1 Å². The Labute approximate surface area is 138 Å². The summed E-state index contributed by atoms with van der Waals surface area (Å²) in [7, 11) is 0. The third-order valence-electron chi connectivity index (χ3n) is 4.65. The maximum atomic E-state index is 6.20. The molecule has 3 heterocycles. The van der Waals surface area contributed by atoms with E-state index in [-0.39, 0.29) is 0 Å². The van der Waals surface area contributed by atoms with Gasteiger partial charge in [-0.3, -0.25) is 0 Å². The van der Waals surface area contributed by atoms with Gasteiger partial charge in [-0.2, -0.15) is 0 Å². The molecule has 1 aliphatic heterocycles. The molecule has 0 aromatic carbocycles. The van der Waals surface area contributed by atoms with Crippen LogP contribution in [0.3, 0.4) is 0 Å². The van der Waals surface area contributed by atoms with Crippen molar-refractivity contribution >= 4 is 11.8 Å². The van der Waals surface area contributed by atoms with Gasteiger partial charge in [-0.05, 0) is 32.1 Å². The van der Waals surface area contributed by atoms with Crippen molar-refractivity contribution in [3.8, 4) is 0 Å². The number of aromatic nitrogens is 4. The van der Waals surface area contributed by atoms with E-state index in [0.717, 1.165) is 67.1 Å². The van der Waals surface area contributed by atoms with Crippen molar-refractivity contribution in [1.82, 2.24) is 20.0 Å². The number of hydrogen-bond donors (Lipinski definition) is 1. The number of nitrogens with zero attached hydrogens (tertiary/aromatic N) is 4. The zero-order valence-electron chi connectivity index (χ0n) is 13.0. The Bertz CT molecular complexity index is 677. The predicted molar refractivity (Wildman–Crippen MR) is 85.7 cm³/mol. The molecule has 1 aliphatic carbocycles. The van der Waals surface area contributed by atoms with Crippen LogP contribution in [0.1, 0.15) is 54.4 Å². The molecule has 0 amide bonds. The van der Waals surface area contributed by atoms with Crippen LogP contribution in [0.15, 0.2) is 9.68 Å². The molecular formula is C15H21N5O2S. The second kappa shape index (κ2) is 6.52. The molecule has 0 radical (unpaired) electrons. The van der Waals surface area contributed by atoms with Crippen LogP contribution in [0, 0.1) is 0 Å². The Morgan fingerprint density at radius 2 is 2.00 bits per heavy atom. The summed E-state index contributed by atoms with van der Waals surface area (Å²) < 4.78 is 12.5.